The standard InChI is InChI=1S/C9H16N4O/c1-3-9(4-2)5-13(6-9)8-12-11-7(10)14-8/h3-6H2,1-2H3,(H2,10,11). The van der Waals surface area contributed by atoms with Gasteiger partial charge in [0, 0.05) is 18.5 Å². The van der Waals surface area contributed by atoms with Gasteiger partial charge in [-0.05, 0) is 12.8 Å². The zero-order chi connectivity index (χ0) is 10.2. The topological polar surface area (TPSA) is 68.2 Å². The average Bonchev–Trinajstić information content (AvgIpc) is 2.52. The molecule has 78 valence electrons. The lowest BCUT2D eigenvalue weighted by molar-refractivity contribution is 0.185. The van der Waals surface area contributed by atoms with Crippen LogP contribution in [-0.4, -0.2) is 23.3 Å². The van der Waals surface area contributed by atoms with Crippen LogP contribution in [0.5, 0.6) is 0 Å². The van der Waals surface area contributed by atoms with E-state index >= 15 is 0 Å². The largest absolute Gasteiger partial charge is 0.390 e. The monoisotopic (exact) mass is 196 g/mol. The fourth-order valence-corrected chi connectivity index (χ4v) is 1.95. The fourth-order valence-electron chi connectivity index (χ4n) is 1.95. The minimum absolute atomic E-state index is 0.144. The number of hydrogen-bond donors (Lipinski definition) is 1. The highest BCUT2D eigenvalue weighted by Gasteiger charge is 2.41. The lowest BCUT2D eigenvalue weighted by Crippen LogP contribution is -2.56. The molecule has 1 aromatic heterocycles. The molecule has 0 unspecified atom stereocenters. The molecule has 0 amide bonds. The summed E-state index contributed by atoms with van der Waals surface area (Å²) in [5.41, 5.74) is 5.81. The van der Waals surface area contributed by atoms with Crippen LogP contribution >= 0.6 is 0 Å². The van der Waals surface area contributed by atoms with Gasteiger partial charge in [-0.3, -0.25) is 0 Å². The summed E-state index contributed by atoms with van der Waals surface area (Å²) in [6.07, 6.45) is 2.40. The van der Waals surface area contributed by atoms with Crippen LogP contribution in [0.1, 0.15) is 26.7 Å². The van der Waals surface area contributed by atoms with Crippen molar-refractivity contribution in [3.63, 3.8) is 0 Å². The van der Waals surface area contributed by atoms with E-state index in [0.29, 0.717) is 11.4 Å². The first-order valence-corrected chi connectivity index (χ1v) is 5.03. The summed E-state index contributed by atoms with van der Waals surface area (Å²) < 4.78 is 5.15. The van der Waals surface area contributed by atoms with Crippen LogP contribution in [0.2, 0.25) is 0 Å². The van der Waals surface area contributed by atoms with Gasteiger partial charge in [0.1, 0.15) is 0 Å². The molecule has 0 radical (unpaired) electrons. The Kier molecular flexibility index (Phi) is 2.09. The van der Waals surface area contributed by atoms with E-state index in [1.54, 1.807) is 0 Å². The zero-order valence-corrected chi connectivity index (χ0v) is 8.66. The third kappa shape index (κ3) is 1.32. The van der Waals surface area contributed by atoms with Crippen LogP contribution < -0.4 is 10.6 Å². The summed E-state index contributed by atoms with van der Waals surface area (Å²) in [6, 6.07) is 0.700. The van der Waals surface area contributed by atoms with Crippen molar-refractivity contribution in [2.24, 2.45) is 5.41 Å². The molecule has 5 heteroatoms. The number of aromatic nitrogens is 2. The Labute approximate surface area is 83.3 Å². The maximum Gasteiger partial charge on any atom is 0.319 e. The molecule has 0 aromatic carbocycles. The molecule has 1 fully saturated rings. The van der Waals surface area contributed by atoms with Crippen LogP contribution in [0.4, 0.5) is 12.0 Å². The molecule has 1 aromatic rings. The Morgan fingerprint density at radius 3 is 2.43 bits per heavy atom. The van der Waals surface area contributed by atoms with Crippen molar-refractivity contribution in [3.05, 3.63) is 0 Å². The summed E-state index contributed by atoms with van der Waals surface area (Å²) in [5, 5.41) is 7.49. The van der Waals surface area contributed by atoms with Crippen molar-refractivity contribution in [3.8, 4) is 0 Å². The Balaban J connectivity index is 2.00. The molecule has 14 heavy (non-hydrogen) atoms. The first-order chi connectivity index (χ1) is 6.69. The van der Waals surface area contributed by atoms with Gasteiger partial charge in [-0.25, -0.2) is 0 Å². The van der Waals surface area contributed by atoms with E-state index in [9.17, 15) is 0 Å². The van der Waals surface area contributed by atoms with E-state index in [1.165, 1.54) is 12.8 Å². The highest BCUT2D eigenvalue weighted by atomic mass is 16.4. The predicted octanol–water partition coefficient (Wildman–Crippen LogP) is 1.28. The van der Waals surface area contributed by atoms with Gasteiger partial charge in [0.2, 0.25) is 0 Å². The lowest BCUT2D eigenvalue weighted by atomic mass is 9.75. The number of hydrogen-bond acceptors (Lipinski definition) is 5. The molecule has 0 atom stereocenters. The van der Waals surface area contributed by atoms with Gasteiger partial charge >= 0.3 is 12.0 Å². The van der Waals surface area contributed by atoms with E-state index in [1.807, 2.05) is 0 Å². The lowest BCUT2D eigenvalue weighted by Gasteiger charge is -2.48. The molecule has 1 aliphatic rings. The number of anilines is 2. The van der Waals surface area contributed by atoms with Crippen LogP contribution in [0.3, 0.4) is 0 Å². The van der Waals surface area contributed by atoms with Crippen molar-refractivity contribution in [2.45, 2.75) is 26.7 Å². The summed E-state index contributed by atoms with van der Waals surface area (Å²) >= 11 is 0. The molecule has 0 bridgehead atoms. The van der Waals surface area contributed by atoms with Gasteiger partial charge < -0.3 is 15.1 Å². The Morgan fingerprint density at radius 2 is 2.00 bits per heavy atom. The van der Waals surface area contributed by atoms with Crippen LogP contribution in [0.15, 0.2) is 4.42 Å². The number of nitrogens with zero attached hydrogens (tertiary/aromatic N) is 3. The Morgan fingerprint density at radius 1 is 1.36 bits per heavy atom. The predicted molar refractivity (Wildman–Crippen MR) is 53.9 cm³/mol. The molecule has 1 saturated heterocycles. The van der Waals surface area contributed by atoms with Crippen molar-refractivity contribution in [1.82, 2.24) is 10.2 Å². The second-order valence-corrected chi connectivity index (χ2v) is 3.99. The van der Waals surface area contributed by atoms with Gasteiger partial charge in [0.25, 0.3) is 0 Å². The van der Waals surface area contributed by atoms with Crippen LogP contribution in [-0.2, 0) is 0 Å². The third-order valence-electron chi connectivity index (χ3n) is 3.25. The normalized spacial score (nSPS) is 19.4. The first kappa shape index (κ1) is 9.30. The van der Waals surface area contributed by atoms with Crippen LogP contribution in [0.25, 0.3) is 0 Å². The Hall–Kier alpha value is -1.26. The summed E-state index contributed by atoms with van der Waals surface area (Å²) in [7, 11) is 0. The van der Waals surface area contributed by atoms with Gasteiger partial charge in [0.05, 0.1) is 0 Å². The van der Waals surface area contributed by atoms with Crippen molar-refractivity contribution in [1.29, 1.82) is 0 Å². The molecule has 2 N–H and O–H groups in total. The molecular formula is C9H16N4O. The minimum atomic E-state index is 0.144. The summed E-state index contributed by atoms with van der Waals surface area (Å²) in [5.74, 6) is 0. The molecule has 2 rings (SSSR count). The van der Waals surface area contributed by atoms with E-state index < -0.39 is 0 Å². The molecule has 1 aliphatic heterocycles. The number of nitrogens with two attached hydrogens (primary N) is 1. The molecule has 0 saturated carbocycles. The van der Waals surface area contributed by atoms with E-state index in [4.69, 9.17) is 10.2 Å². The van der Waals surface area contributed by atoms with Gasteiger partial charge in [-0.2, -0.15) is 0 Å². The molecule has 2 heterocycles. The molecule has 0 spiro atoms. The fraction of sp³-hybridized carbons (Fsp3) is 0.778. The van der Waals surface area contributed by atoms with Crippen LogP contribution in [0, 0.1) is 5.41 Å². The molecular weight excluding hydrogens is 180 g/mol. The van der Waals surface area contributed by atoms with E-state index in [2.05, 4.69) is 28.9 Å². The van der Waals surface area contributed by atoms with Crippen molar-refractivity contribution in [2.75, 3.05) is 23.7 Å². The van der Waals surface area contributed by atoms with Crippen molar-refractivity contribution >= 4 is 12.0 Å². The third-order valence-corrected chi connectivity index (χ3v) is 3.25. The minimum Gasteiger partial charge on any atom is -0.390 e. The zero-order valence-electron chi connectivity index (χ0n) is 8.66. The molecule has 5 nitrogen and oxygen atoms in total. The average molecular weight is 196 g/mol. The smallest absolute Gasteiger partial charge is 0.319 e. The maximum absolute atomic E-state index is 5.36. The van der Waals surface area contributed by atoms with Gasteiger partial charge in [0.15, 0.2) is 0 Å². The summed E-state index contributed by atoms with van der Waals surface area (Å²) in [4.78, 5) is 2.08. The van der Waals surface area contributed by atoms with Gasteiger partial charge in [-0.1, -0.05) is 24.0 Å². The number of rotatable bonds is 3. The second kappa shape index (κ2) is 3.15. The second-order valence-electron chi connectivity index (χ2n) is 3.99. The molecule has 0 aliphatic carbocycles. The highest BCUT2D eigenvalue weighted by Crippen LogP contribution is 2.39. The van der Waals surface area contributed by atoms with E-state index in [0.717, 1.165) is 13.1 Å². The Bertz CT molecular complexity index is 310. The maximum atomic E-state index is 5.36. The SMILES string of the molecule is CCC1(CC)CN(c2nnc(N)o2)C1. The quantitative estimate of drug-likeness (QED) is 0.788. The highest BCUT2D eigenvalue weighted by molar-refractivity contribution is 5.34. The van der Waals surface area contributed by atoms with E-state index in [-0.39, 0.29) is 6.01 Å². The van der Waals surface area contributed by atoms with Crippen molar-refractivity contribution < 1.29 is 4.42 Å². The number of nitrogen functional groups attached to an aromatic ring is 1. The van der Waals surface area contributed by atoms with Gasteiger partial charge in [-0.15, -0.1) is 0 Å². The summed E-state index contributed by atoms with van der Waals surface area (Å²) in [6.45, 7) is 6.45. The first-order valence-electron chi connectivity index (χ1n) is 5.03.